The van der Waals surface area contributed by atoms with E-state index in [-0.39, 0.29) is 22.8 Å². The van der Waals surface area contributed by atoms with Crippen molar-refractivity contribution in [1.82, 2.24) is 0 Å². The zero-order chi connectivity index (χ0) is 18.4. The minimum Gasteiger partial charge on any atom is -0.507 e. The number of carbonyl (C=O) groups excluding carboxylic acids is 1. The third kappa shape index (κ3) is 4.51. The molecule has 0 saturated heterocycles. The molecule has 0 bridgehead atoms. The molecule has 2 aromatic rings. The van der Waals surface area contributed by atoms with Gasteiger partial charge < -0.3 is 14.9 Å². The molecule has 2 aromatic carbocycles. The van der Waals surface area contributed by atoms with Gasteiger partial charge in [-0.1, -0.05) is 48.1 Å². The summed E-state index contributed by atoms with van der Waals surface area (Å²) in [6.07, 6.45) is 5.25. The number of ether oxygens (including phenoxy) is 1. The smallest absolute Gasteiger partial charge is 0.193 e. The highest BCUT2D eigenvalue weighted by atomic mass is 16.5. The molecule has 0 aliphatic rings. The molecule has 0 saturated carbocycles. The first-order valence-corrected chi connectivity index (χ1v) is 7.96. The lowest BCUT2D eigenvalue weighted by Gasteiger charge is -2.13. The number of rotatable bonds is 6. The average Bonchev–Trinajstić information content (AvgIpc) is 2.59. The Morgan fingerprint density at radius 2 is 1.84 bits per heavy atom. The highest BCUT2D eigenvalue weighted by molar-refractivity contribution is 6.11. The third-order valence-corrected chi connectivity index (χ3v) is 3.75. The number of phenolic OH excluding ortho intramolecular Hbond substituents is 2. The Morgan fingerprint density at radius 3 is 2.44 bits per heavy atom. The summed E-state index contributed by atoms with van der Waals surface area (Å²) in [6, 6.07) is 10.7. The van der Waals surface area contributed by atoms with Crippen LogP contribution in [-0.4, -0.2) is 23.1 Å². The second kappa shape index (κ2) is 8.20. The lowest BCUT2D eigenvalue weighted by molar-refractivity contribution is 0.104. The molecule has 4 heteroatoms. The summed E-state index contributed by atoms with van der Waals surface area (Å²) in [6.45, 7) is 3.85. The van der Waals surface area contributed by atoms with Crippen LogP contribution in [-0.2, 0) is 6.42 Å². The highest BCUT2D eigenvalue weighted by Crippen LogP contribution is 2.39. The fraction of sp³-hybridized carbons (Fsp3) is 0.190. The summed E-state index contributed by atoms with van der Waals surface area (Å²) in [4.78, 5) is 12.6. The van der Waals surface area contributed by atoms with Crippen LogP contribution in [0.25, 0.3) is 6.08 Å². The van der Waals surface area contributed by atoms with Gasteiger partial charge in [-0.2, -0.15) is 0 Å². The van der Waals surface area contributed by atoms with Gasteiger partial charge in [0.15, 0.2) is 5.78 Å². The Hall–Kier alpha value is -3.01. The zero-order valence-electron chi connectivity index (χ0n) is 14.6. The van der Waals surface area contributed by atoms with Crippen LogP contribution in [0.5, 0.6) is 17.2 Å². The molecule has 2 N–H and O–H groups in total. The summed E-state index contributed by atoms with van der Waals surface area (Å²) >= 11 is 0. The third-order valence-electron chi connectivity index (χ3n) is 3.75. The summed E-state index contributed by atoms with van der Waals surface area (Å²) in [7, 11) is 1.39. The maximum Gasteiger partial charge on any atom is 0.193 e. The number of carbonyl (C=O) groups is 1. The van der Waals surface area contributed by atoms with Crippen molar-refractivity contribution in [3.8, 4) is 17.2 Å². The van der Waals surface area contributed by atoms with Crippen LogP contribution in [0, 0.1) is 0 Å². The number of ketones is 1. The molecule has 0 atom stereocenters. The molecule has 0 amide bonds. The molecule has 0 heterocycles. The van der Waals surface area contributed by atoms with Gasteiger partial charge in [0.25, 0.3) is 0 Å². The predicted octanol–water partition coefficient (Wildman–Crippen LogP) is 4.51. The van der Waals surface area contributed by atoms with E-state index in [4.69, 9.17) is 4.74 Å². The molecule has 0 aliphatic carbocycles. The van der Waals surface area contributed by atoms with Gasteiger partial charge in [-0.15, -0.1) is 0 Å². The molecule has 130 valence electrons. The Balaban J connectivity index is 2.44. The number of methoxy groups -OCH3 is 1. The number of hydrogen-bond donors (Lipinski definition) is 2. The maximum absolute atomic E-state index is 12.6. The van der Waals surface area contributed by atoms with Gasteiger partial charge in [0.2, 0.25) is 0 Å². The second-order valence-corrected chi connectivity index (χ2v) is 5.89. The first-order chi connectivity index (χ1) is 11.9. The quantitative estimate of drug-likeness (QED) is 0.462. The van der Waals surface area contributed by atoms with Crippen molar-refractivity contribution in [3.05, 3.63) is 70.8 Å². The molecule has 4 nitrogen and oxygen atoms in total. The van der Waals surface area contributed by atoms with Gasteiger partial charge in [-0.05, 0) is 31.9 Å². The van der Waals surface area contributed by atoms with Crippen molar-refractivity contribution in [2.24, 2.45) is 0 Å². The monoisotopic (exact) mass is 338 g/mol. The lowest BCUT2D eigenvalue weighted by Crippen LogP contribution is -2.02. The number of allylic oxidation sites excluding steroid dienone is 3. The van der Waals surface area contributed by atoms with E-state index in [1.807, 2.05) is 50.3 Å². The molecular formula is C21H22O4. The van der Waals surface area contributed by atoms with E-state index in [2.05, 4.69) is 0 Å². The molecule has 0 unspecified atom stereocenters. The number of phenols is 2. The summed E-state index contributed by atoms with van der Waals surface area (Å²) in [5.74, 6) is -0.609. The maximum atomic E-state index is 12.6. The van der Waals surface area contributed by atoms with Crippen LogP contribution < -0.4 is 4.74 Å². The van der Waals surface area contributed by atoms with Gasteiger partial charge in [-0.3, -0.25) is 4.79 Å². The van der Waals surface area contributed by atoms with Gasteiger partial charge in [0.1, 0.15) is 22.8 Å². The van der Waals surface area contributed by atoms with Crippen molar-refractivity contribution >= 4 is 11.9 Å². The molecule has 25 heavy (non-hydrogen) atoms. The predicted molar refractivity (Wildman–Crippen MR) is 99.3 cm³/mol. The molecule has 2 rings (SSSR count). The lowest BCUT2D eigenvalue weighted by atomic mass is 9.99. The molecular weight excluding hydrogens is 316 g/mol. The minimum atomic E-state index is -0.392. The van der Waals surface area contributed by atoms with Crippen LogP contribution in [0.4, 0.5) is 0 Å². The van der Waals surface area contributed by atoms with E-state index in [0.717, 1.165) is 11.1 Å². The molecule has 0 aromatic heterocycles. The summed E-state index contributed by atoms with van der Waals surface area (Å²) in [5, 5.41) is 20.7. The van der Waals surface area contributed by atoms with E-state index >= 15 is 0 Å². The second-order valence-electron chi connectivity index (χ2n) is 5.89. The number of aromatic hydroxyl groups is 2. The van der Waals surface area contributed by atoms with Crippen molar-refractivity contribution in [2.75, 3.05) is 7.11 Å². The molecule has 0 fully saturated rings. The van der Waals surface area contributed by atoms with Crippen molar-refractivity contribution in [2.45, 2.75) is 20.3 Å². The topological polar surface area (TPSA) is 66.8 Å². The van der Waals surface area contributed by atoms with Crippen LogP contribution in [0.2, 0.25) is 0 Å². The zero-order valence-corrected chi connectivity index (χ0v) is 14.6. The van der Waals surface area contributed by atoms with Gasteiger partial charge in [0.05, 0.1) is 7.11 Å². The molecule has 0 radical (unpaired) electrons. The van der Waals surface area contributed by atoms with Gasteiger partial charge >= 0.3 is 0 Å². The summed E-state index contributed by atoms with van der Waals surface area (Å²) < 4.78 is 5.17. The number of hydrogen-bond acceptors (Lipinski definition) is 4. The normalized spacial score (nSPS) is 10.7. The molecule has 0 spiro atoms. The van der Waals surface area contributed by atoms with Crippen molar-refractivity contribution in [1.29, 1.82) is 0 Å². The first kappa shape index (κ1) is 18.3. The van der Waals surface area contributed by atoms with Crippen LogP contribution in [0.3, 0.4) is 0 Å². The van der Waals surface area contributed by atoms with E-state index in [0.29, 0.717) is 12.0 Å². The SMILES string of the molecule is COc1cc(O)c(CC=C(C)C)c(O)c1C(=O)/C=C/c1ccccc1. The Kier molecular flexibility index (Phi) is 6.01. The first-order valence-electron chi connectivity index (χ1n) is 7.96. The van der Waals surface area contributed by atoms with Crippen molar-refractivity contribution < 1.29 is 19.7 Å². The fourth-order valence-corrected chi connectivity index (χ4v) is 2.40. The largest absolute Gasteiger partial charge is 0.507 e. The summed E-state index contributed by atoms with van der Waals surface area (Å²) in [5.41, 5.74) is 2.27. The van der Waals surface area contributed by atoms with Crippen LogP contribution in [0.15, 0.2) is 54.1 Å². The Labute approximate surface area is 147 Å². The van der Waals surface area contributed by atoms with E-state index in [9.17, 15) is 15.0 Å². The highest BCUT2D eigenvalue weighted by Gasteiger charge is 2.21. The fourth-order valence-electron chi connectivity index (χ4n) is 2.40. The van der Waals surface area contributed by atoms with Gasteiger partial charge in [-0.25, -0.2) is 0 Å². The van der Waals surface area contributed by atoms with E-state index in [1.165, 1.54) is 19.3 Å². The average molecular weight is 338 g/mol. The van der Waals surface area contributed by atoms with E-state index in [1.54, 1.807) is 6.08 Å². The molecule has 0 aliphatic heterocycles. The van der Waals surface area contributed by atoms with Crippen LogP contribution >= 0.6 is 0 Å². The van der Waals surface area contributed by atoms with Crippen molar-refractivity contribution in [3.63, 3.8) is 0 Å². The number of benzene rings is 2. The Bertz CT molecular complexity index is 814. The van der Waals surface area contributed by atoms with E-state index < -0.39 is 5.78 Å². The van der Waals surface area contributed by atoms with Crippen LogP contribution in [0.1, 0.15) is 35.3 Å². The standard InChI is InChI=1S/C21H22O4/c1-14(2)9-11-16-18(23)13-19(25-3)20(21(16)24)17(22)12-10-15-7-5-4-6-8-15/h4-10,12-13,23-24H,11H2,1-3H3/b12-10+. The Morgan fingerprint density at radius 1 is 1.16 bits per heavy atom. The minimum absolute atomic E-state index is 0.0460. The van der Waals surface area contributed by atoms with Gasteiger partial charge in [0, 0.05) is 11.6 Å².